The molecular formula is C22H18N2O4. The van der Waals surface area contributed by atoms with Crippen molar-refractivity contribution < 1.29 is 14.6 Å². The molecule has 2 aliphatic heterocycles. The first kappa shape index (κ1) is 16.9. The van der Waals surface area contributed by atoms with Crippen LogP contribution in [0, 0.1) is 0 Å². The molecule has 1 N–H and O–H groups in total. The zero-order valence-electron chi connectivity index (χ0n) is 15.4. The Morgan fingerprint density at radius 3 is 2.86 bits per heavy atom. The number of hydrogen-bond donors (Lipinski definition) is 1. The van der Waals surface area contributed by atoms with E-state index in [1.165, 1.54) is 0 Å². The lowest BCUT2D eigenvalue weighted by atomic mass is 9.86. The maximum absolute atomic E-state index is 13.2. The van der Waals surface area contributed by atoms with E-state index in [-0.39, 0.29) is 18.6 Å². The van der Waals surface area contributed by atoms with Crippen molar-refractivity contribution in [3.63, 3.8) is 0 Å². The molecule has 0 amide bonds. The Balaban J connectivity index is 1.86. The van der Waals surface area contributed by atoms with Gasteiger partial charge in [-0.15, -0.1) is 0 Å². The lowest BCUT2D eigenvalue weighted by molar-refractivity contribution is -0.172. The summed E-state index contributed by atoms with van der Waals surface area (Å²) in [6.45, 7) is 5.88. The molecular weight excluding hydrogens is 356 g/mol. The number of carbonyl (C=O) groups is 1. The molecule has 0 aliphatic carbocycles. The molecule has 6 nitrogen and oxygen atoms in total. The lowest BCUT2D eigenvalue weighted by Gasteiger charge is -2.31. The number of rotatable bonds is 2. The number of benzene rings is 1. The Hall–Kier alpha value is -3.25. The topological polar surface area (TPSA) is 81.4 Å². The average molecular weight is 374 g/mol. The molecule has 0 saturated heterocycles. The highest BCUT2D eigenvalue weighted by Gasteiger charge is 2.45. The zero-order valence-corrected chi connectivity index (χ0v) is 15.4. The SMILES string of the molecule is C=Cc1c2c(nc3ccccc13)-c1cc3c(c(=O)n1C2)COC(=O)C3(O)CC. The van der Waals surface area contributed by atoms with Gasteiger partial charge in [0.2, 0.25) is 0 Å². The van der Waals surface area contributed by atoms with Crippen molar-refractivity contribution in [2.75, 3.05) is 0 Å². The van der Waals surface area contributed by atoms with E-state index < -0.39 is 11.6 Å². The van der Waals surface area contributed by atoms with Gasteiger partial charge in [0.1, 0.15) is 6.61 Å². The van der Waals surface area contributed by atoms with Gasteiger partial charge in [0.15, 0.2) is 5.60 Å². The number of cyclic esters (lactones) is 1. The van der Waals surface area contributed by atoms with Crippen molar-refractivity contribution in [2.45, 2.75) is 32.1 Å². The molecule has 0 radical (unpaired) electrons. The molecule has 1 atom stereocenters. The number of aliphatic hydroxyl groups is 1. The third kappa shape index (κ3) is 1.98. The minimum Gasteiger partial charge on any atom is -0.458 e. The third-order valence-electron chi connectivity index (χ3n) is 5.84. The van der Waals surface area contributed by atoms with Crippen LogP contribution in [0.15, 0.2) is 41.7 Å². The summed E-state index contributed by atoms with van der Waals surface area (Å²) in [4.78, 5) is 30.2. The van der Waals surface area contributed by atoms with Crippen molar-refractivity contribution >= 4 is 22.9 Å². The second-order valence-corrected chi connectivity index (χ2v) is 7.18. The smallest absolute Gasteiger partial charge is 0.343 e. The second kappa shape index (κ2) is 5.62. The fraction of sp³-hybridized carbons (Fsp3) is 0.227. The van der Waals surface area contributed by atoms with Gasteiger partial charge in [0, 0.05) is 16.5 Å². The van der Waals surface area contributed by atoms with Crippen molar-refractivity contribution in [3.8, 4) is 11.4 Å². The second-order valence-electron chi connectivity index (χ2n) is 7.18. The largest absolute Gasteiger partial charge is 0.458 e. The summed E-state index contributed by atoms with van der Waals surface area (Å²) < 4.78 is 6.74. The van der Waals surface area contributed by atoms with Gasteiger partial charge in [-0.2, -0.15) is 0 Å². The number of fused-ring (bicyclic) bond motifs is 5. The van der Waals surface area contributed by atoms with Crippen molar-refractivity contribution in [1.29, 1.82) is 0 Å². The lowest BCUT2D eigenvalue weighted by Crippen LogP contribution is -2.44. The summed E-state index contributed by atoms with van der Waals surface area (Å²) in [5.41, 5.74) is 2.53. The summed E-state index contributed by atoms with van der Waals surface area (Å²) in [5.74, 6) is -0.719. The molecule has 0 bridgehead atoms. The number of ether oxygens (including phenoxy) is 1. The Bertz CT molecular complexity index is 1260. The Morgan fingerprint density at radius 1 is 1.32 bits per heavy atom. The molecule has 1 unspecified atom stereocenters. The highest BCUT2D eigenvalue weighted by Crippen LogP contribution is 2.40. The number of pyridine rings is 2. The van der Waals surface area contributed by atoms with Crippen molar-refractivity contribution in [3.05, 3.63) is 69.5 Å². The van der Waals surface area contributed by atoms with Gasteiger partial charge in [-0.3, -0.25) is 4.79 Å². The standard InChI is InChI=1S/C22H18N2O4/c1-3-12-13-7-5-6-8-17(13)23-19-14(12)10-24-18(19)9-16-15(20(24)25)11-28-21(26)22(16,27)4-2/h3,5-9,27H,1,4,10-11H2,2H3. The molecule has 2 aromatic heterocycles. The van der Waals surface area contributed by atoms with Gasteiger partial charge in [-0.1, -0.05) is 37.8 Å². The van der Waals surface area contributed by atoms with Crippen LogP contribution in [-0.4, -0.2) is 20.6 Å². The van der Waals surface area contributed by atoms with E-state index in [0.29, 0.717) is 29.1 Å². The van der Waals surface area contributed by atoms with E-state index >= 15 is 0 Å². The van der Waals surface area contributed by atoms with Crippen LogP contribution in [0.3, 0.4) is 0 Å². The summed E-state index contributed by atoms with van der Waals surface area (Å²) in [7, 11) is 0. The van der Waals surface area contributed by atoms with Crippen LogP contribution in [0.1, 0.15) is 35.6 Å². The number of esters is 1. The highest BCUT2D eigenvalue weighted by molar-refractivity contribution is 5.93. The van der Waals surface area contributed by atoms with Gasteiger partial charge < -0.3 is 14.4 Å². The molecule has 5 rings (SSSR count). The monoisotopic (exact) mass is 374 g/mol. The quantitative estimate of drug-likeness (QED) is 0.546. The van der Waals surface area contributed by atoms with E-state index in [1.807, 2.05) is 24.3 Å². The molecule has 0 fully saturated rings. The number of carbonyl (C=O) groups excluding carboxylic acids is 1. The van der Waals surface area contributed by atoms with Gasteiger partial charge in [-0.05, 0) is 24.1 Å². The van der Waals surface area contributed by atoms with E-state index in [2.05, 4.69) is 6.58 Å². The minimum absolute atomic E-state index is 0.123. The van der Waals surface area contributed by atoms with Crippen LogP contribution in [0.25, 0.3) is 28.4 Å². The fourth-order valence-corrected chi connectivity index (χ4v) is 4.29. The first-order chi connectivity index (χ1) is 13.5. The van der Waals surface area contributed by atoms with Crippen molar-refractivity contribution in [2.24, 2.45) is 0 Å². The normalized spacial score (nSPS) is 19.7. The molecule has 3 aromatic rings. The zero-order chi connectivity index (χ0) is 19.6. The van der Waals surface area contributed by atoms with Crippen LogP contribution < -0.4 is 5.56 Å². The molecule has 6 heteroatoms. The molecule has 0 spiro atoms. The van der Waals surface area contributed by atoms with Gasteiger partial charge >= 0.3 is 5.97 Å². The highest BCUT2D eigenvalue weighted by atomic mass is 16.6. The number of para-hydroxylation sites is 1. The van der Waals surface area contributed by atoms with E-state index in [9.17, 15) is 14.7 Å². The first-order valence-corrected chi connectivity index (χ1v) is 9.20. The Kier molecular flexibility index (Phi) is 3.39. The predicted molar refractivity (Wildman–Crippen MR) is 105 cm³/mol. The Morgan fingerprint density at radius 2 is 2.11 bits per heavy atom. The molecule has 4 heterocycles. The van der Waals surface area contributed by atoms with E-state index in [4.69, 9.17) is 9.72 Å². The molecule has 140 valence electrons. The molecule has 2 aliphatic rings. The third-order valence-corrected chi connectivity index (χ3v) is 5.84. The van der Waals surface area contributed by atoms with E-state index in [1.54, 1.807) is 23.6 Å². The van der Waals surface area contributed by atoms with Crippen LogP contribution in [0.4, 0.5) is 0 Å². The maximum atomic E-state index is 13.2. The summed E-state index contributed by atoms with van der Waals surface area (Å²) in [6, 6.07) is 9.48. The van der Waals surface area contributed by atoms with Gasteiger partial charge in [0.05, 0.1) is 29.0 Å². The predicted octanol–water partition coefficient (Wildman–Crippen LogP) is 2.72. The molecule has 28 heavy (non-hydrogen) atoms. The first-order valence-electron chi connectivity index (χ1n) is 9.20. The number of nitrogens with zero attached hydrogens (tertiary/aromatic N) is 2. The minimum atomic E-state index is -1.82. The van der Waals surface area contributed by atoms with Crippen molar-refractivity contribution in [1.82, 2.24) is 9.55 Å². The average Bonchev–Trinajstić information content (AvgIpc) is 3.08. The summed E-state index contributed by atoms with van der Waals surface area (Å²) in [6.07, 6.45) is 1.91. The maximum Gasteiger partial charge on any atom is 0.343 e. The van der Waals surface area contributed by atoms with E-state index in [0.717, 1.165) is 22.0 Å². The molecule has 0 saturated carbocycles. The van der Waals surface area contributed by atoms with Crippen LogP contribution in [-0.2, 0) is 28.3 Å². The molecule has 1 aromatic carbocycles. The number of aromatic nitrogens is 2. The van der Waals surface area contributed by atoms with Crippen LogP contribution in [0.2, 0.25) is 0 Å². The fourth-order valence-electron chi connectivity index (χ4n) is 4.29. The summed E-state index contributed by atoms with van der Waals surface area (Å²) >= 11 is 0. The van der Waals surface area contributed by atoms with Crippen LogP contribution >= 0.6 is 0 Å². The van der Waals surface area contributed by atoms with Gasteiger partial charge in [-0.25, -0.2) is 9.78 Å². The van der Waals surface area contributed by atoms with Crippen LogP contribution in [0.5, 0.6) is 0 Å². The summed E-state index contributed by atoms with van der Waals surface area (Å²) in [5, 5.41) is 11.9. The van der Waals surface area contributed by atoms with Gasteiger partial charge in [0.25, 0.3) is 5.56 Å². The number of hydrogen-bond acceptors (Lipinski definition) is 5. The Labute approximate surface area is 160 Å².